The molecule has 3 aliphatic heterocycles. The number of fused-ring (bicyclic) bond motifs is 4. The van der Waals surface area contributed by atoms with Gasteiger partial charge in [-0.15, -0.1) is 0 Å². The van der Waals surface area contributed by atoms with Crippen LogP contribution in [0.2, 0.25) is 0 Å². The lowest BCUT2D eigenvalue weighted by Gasteiger charge is -2.43. The van der Waals surface area contributed by atoms with E-state index in [0.29, 0.717) is 12.1 Å². The molecule has 1 unspecified atom stereocenters. The number of amides is 1. The Kier molecular flexibility index (Phi) is 2.74. The summed E-state index contributed by atoms with van der Waals surface area (Å²) in [5, 5.41) is 0. The number of benzene rings is 1. The molecule has 4 rings (SSSR count). The third-order valence-electron chi connectivity index (χ3n) is 5.06. The van der Waals surface area contributed by atoms with Gasteiger partial charge in [-0.3, -0.25) is 9.80 Å². The molecule has 0 aliphatic carbocycles. The maximum atomic E-state index is 11.9. The molecule has 0 N–H and O–H groups in total. The predicted molar refractivity (Wildman–Crippen MR) is 75.2 cm³/mol. The fourth-order valence-corrected chi connectivity index (χ4v) is 4.18. The van der Waals surface area contributed by atoms with Crippen molar-refractivity contribution in [1.29, 1.82) is 0 Å². The smallest absolute Gasteiger partial charge is 0.410 e. The zero-order valence-electron chi connectivity index (χ0n) is 11.7. The summed E-state index contributed by atoms with van der Waals surface area (Å²) in [6, 6.07) is 11.8. The topological polar surface area (TPSA) is 32.8 Å². The summed E-state index contributed by atoms with van der Waals surface area (Å²) in [6.07, 6.45) is 2.29. The highest BCUT2D eigenvalue weighted by Crippen LogP contribution is 2.40. The van der Waals surface area contributed by atoms with Crippen molar-refractivity contribution in [3.05, 3.63) is 35.9 Å². The van der Waals surface area contributed by atoms with Gasteiger partial charge in [0.25, 0.3) is 0 Å². The summed E-state index contributed by atoms with van der Waals surface area (Å²) in [7, 11) is 0. The van der Waals surface area contributed by atoms with Crippen LogP contribution in [0, 0.1) is 0 Å². The van der Waals surface area contributed by atoms with E-state index in [9.17, 15) is 4.79 Å². The van der Waals surface area contributed by atoms with Crippen molar-refractivity contribution >= 4 is 6.09 Å². The molecule has 4 atom stereocenters. The third kappa shape index (κ3) is 1.74. The van der Waals surface area contributed by atoms with Crippen LogP contribution in [-0.4, -0.2) is 46.7 Å². The number of carbonyl (C=O) groups is 1. The van der Waals surface area contributed by atoms with E-state index in [0.717, 1.165) is 13.1 Å². The van der Waals surface area contributed by atoms with Crippen LogP contribution in [0.1, 0.15) is 25.3 Å². The number of hydrogen-bond donors (Lipinski definition) is 0. The fourth-order valence-electron chi connectivity index (χ4n) is 4.18. The summed E-state index contributed by atoms with van der Waals surface area (Å²) in [5.74, 6) is 0. The van der Waals surface area contributed by atoms with Gasteiger partial charge >= 0.3 is 6.09 Å². The van der Waals surface area contributed by atoms with Gasteiger partial charge in [-0.25, -0.2) is 4.79 Å². The lowest BCUT2D eigenvalue weighted by molar-refractivity contribution is 0.0395. The standard InChI is InChI=1S/C16H20N2O2/c1-11-15-14-8-7-13(10-18(15)16(19)20-11)17(14)9-12-5-3-2-4-6-12/h2-6,11,13-15H,7-10H2,1H3/t11-,13+,14+,15?/m0/s1. The zero-order valence-corrected chi connectivity index (χ0v) is 11.7. The number of cyclic esters (lactones) is 1. The summed E-state index contributed by atoms with van der Waals surface area (Å²) >= 11 is 0. The van der Waals surface area contributed by atoms with Crippen LogP contribution >= 0.6 is 0 Å². The van der Waals surface area contributed by atoms with E-state index in [-0.39, 0.29) is 18.2 Å². The average molecular weight is 272 g/mol. The summed E-state index contributed by atoms with van der Waals surface area (Å²) in [6.45, 7) is 3.85. The fraction of sp³-hybridized carbons (Fsp3) is 0.562. The highest BCUT2D eigenvalue weighted by molar-refractivity contribution is 5.71. The van der Waals surface area contributed by atoms with Gasteiger partial charge in [0, 0.05) is 25.2 Å². The Morgan fingerprint density at radius 3 is 2.85 bits per heavy atom. The van der Waals surface area contributed by atoms with Crippen molar-refractivity contribution < 1.29 is 9.53 Å². The minimum atomic E-state index is -0.112. The van der Waals surface area contributed by atoms with E-state index in [1.165, 1.54) is 18.4 Å². The molecule has 3 heterocycles. The van der Waals surface area contributed by atoms with Crippen molar-refractivity contribution in [3.63, 3.8) is 0 Å². The van der Waals surface area contributed by atoms with Gasteiger partial charge in [0.1, 0.15) is 6.10 Å². The van der Waals surface area contributed by atoms with Crippen molar-refractivity contribution in [2.24, 2.45) is 0 Å². The summed E-state index contributed by atoms with van der Waals surface area (Å²) in [4.78, 5) is 16.4. The summed E-state index contributed by atoms with van der Waals surface area (Å²) in [5.41, 5.74) is 1.36. The first-order valence-electron chi connectivity index (χ1n) is 7.51. The van der Waals surface area contributed by atoms with Gasteiger partial charge in [-0.05, 0) is 25.3 Å². The second kappa shape index (κ2) is 4.48. The Bertz CT molecular complexity index is 518. The van der Waals surface area contributed by atoms with E-state index in [4.69, 9.17) is 4.74 Å². The molecule has 1 aromatic rings. The van der Waals surface area contributed by atoms with E-state index in [1.807, 2.05) is 11.8 Å². The van der Waals surface area contributed by atoms with Crippen LogP contribution in [0.5, 0.6) is 0 Å². The molecule has 1 aromatic carbocycles. The zero-order chi connectivity index (χ0) is 13.7. The first kappa shape index (κ1) is 12.2. The van der Waals surface area contributed by atoms with Crippen molar-refractivity contribution in [2.45, 2.75) is 50.5 Å². The molecular weight excluding hydrogens is 252 g/mol. The van der Waals surface area contributed by atoms with Crippen LogP contribution in [0.25, 0.3) is 0 Å². The van der Waals surface area contributed by atoms with Crippen LogP contribution in [-0.2, 0) is 11.3 Å². The molecule has 1 amide bonds. The highest BCUT2D eigenvalue weighted by atomic mass is 16.6. The number of nitrogens with zero attached hydrogens (tertiary/aromatic N) is 2. The van der Waals surface area contributed by atoms with E-state index < -0.39 is 0 Å². The number of carbonyl (C=O) groups excluding carboxylic acids is 1. The maximum Gasteiger partial charge on any atom is 0.410 e. The first-order chi connectivity index (χ1) is 9.74. The van der Waals surface area contributed by atoms with Crippen molar-refractivity contribution in [2.75, 3.05) is 6.54 Å². The van der Waals surface area contributed by atoms with Gasteiger partial charge in [0.05, 0.1) is 6.04 Å². The van der Waals surface area contributed by atoms with Crippen LogP contribution < -0.4 is 0 Å². The molecule has 3 fully saturated rings. The summed E-state index contributed by atoms with van der Waals surface area (Å²) < 4.78 is 5.42. The second-order valence-corrected chi connectivity index (χ2v) is 6.19. The Morgan fingerprint density at radius 2 is 2.05 bits per heavy atom. The molecule has 0 radical (unpaired) electrons. The van der Waals surface area contributed by atoms with E-state index >= 15 is 0 Å². The Morgan fingerprint density at radius 1 is 1.25 bits per heavy atom. The minimum Gasteiger partial charge on any atom is -0.444 e. The van der Waals surface area contributed by atoms with E-state index in [2.05, 4.69) is 35.2 Å². The molecule has 106 valence electrons. The molecular formula is C16H20N2O2. The lowest BCUT2D eigenvalue weighted by Crippen LogP contribution is -2.59. The molecule has 0 saturated carbocycles. The lowest BCUT2D eigenvalue weighted by atomic mass is 9.99. The Hall–Kier alpha value is -1.55. The van der Waals surface area contributed by atoms with Crippen LogP contribution in [0.4, 0.5) is 4.79 Å². The van der Waals surface area contributed by atoms with Gasteiger partial charge in [-0.1, -0.05) is 30.3 Å². The van der Waals surface area contributed by atoms with Crippen LogP contribution in [0.3, 0.4) is 0 Å². The van der Waals surface area contributed by atoms with Gasteiger partial charge in [-0.2, -0.15) is 0 Å². The number of ether oxygens (including phenoxy) is 1. The van der Waals surface area contributed by atoms with Gasteiger partial charge < -0.3 is 4.74 Å². The average Bonchev–Trinajstić information content (AvgIpc) is 2.87. The normalized spacial score (nSPS) is 36.0. The van der Waals surface area contributed by atoms with Gasteiger partial charge in [0.15, 0.2) is 0 Å². The molecule has 20 heavy (non-hydrogen) atoms. The Balaban J connectivity index is 1.59. The molecule has 0 aromatic heterocycles. The highest BCUT2D eigenvalue weighted by Gasteiger charge is 2.54. The van der Waals surface area contributed by atoms with E-state index in [1.54, 1.807) is 0 Å². The molecule has 2 bridgehead atoms. The molecule has 0 spiro atoms. The molecule has 3 saturated heterocycles. The number of rotatable bonds is 2. The third-order valence-corrected chi connectivity index (χ3v) is 5.06. The number of hydrogen-bond acceptors (Lipinski definition) is 3. The SMILES string of the molecule is C[C@@H]1OC(=O)N2C[C@H]3CC[C@H](C12)N3Cc1ccccc1. The monoisotopic (exact) mass is 272 g/mol. The minimum absolute atomic E-state index is 0.0184. The molecule has 4 nitrogen and oxygen atoms in total. The Labute approximate surface area is 119 Å². The first-order valence-corrected chi connectivity index (χ1v) is 7.51. The van der Waals surface area contributed by atoms with Crippen molar-refractivity contribution in [3.8, 4) is 0 Å². The second-order valence-electron chi connectivity index (χ2n) is 6.19. The van der Waals surface area contributed by atoms with Crippen LogP contribution in [0.15, 0.2) is 30.3 Å². The van der Waals surface area contributed by atoms with Gasteiger partial charge in [0.2, 0.25) is 0 Å². The van der Waals surface area contributed by atoms with Crippen molar-refractivity contribution in [1.82, 2.24) is 9.80 Å². The predicted octanol–water partition coefficient (Wildman–Crippen LogP) is 2.24. The number of piperazine rings is 1. The quantitative estimate of drug-likeness (QED) is 0.827. The largest absolute Gasteiger partial charge is 0.444 e. The maximum absolute atomic E-state index is 11.9. The molecule has 4 heteroatoms. The molecule has 3 aliphatic rings.